The molecule has 3 rings (SSSR count). The van der Waals surface area contributed by atoms with Gasteiger partial charge in [-0.1, -0.05) is 0 Å². The maximum absolute atomic E-state index is 12.0. The van der Waals surface area contributed by atoms with Gasteiger partial charge < -0.3 is 10.6 Å². The molecule has 0 saturated carbocycles. The van der Waals surface area contributed by atoms with Gasteiger partial charge in [-0.25, -0.2) is 9.67 Å². The van der Waals surface area contributed by atoms with Crippen molar-refractivity contribution < 1.29 is 4.79 Å². The van der Waals surface area contributed by atoms with Crippen LogP contribution in [0, 0.1) is 0 Å². The first-order chi connectivity index (χ1) is 10.3. The zero-order valence-electron chi connectivity index (χ0n) is 12.2. The summed E-state index contributed by atoms with van der Waals surface area (Å²) in [6, 6.07) is 2.37. The third-order valence-electron chi connectivity index (χ3n) is 3.64. The van der Waals surface area contributed by atoms with Gasteiger partial charge in [0.05, 0.1) is 6.04 Å². The summed E-state index contributed by atoms with van der Waals surface area (Å²) in [5.74, 6) is 0.0543. The Morgan fingerprint density at radius 2 is 2.45 bits per heavy atom. The highest BCUT2D eigenvalue weighted by molar-refractivity contribution is 7.07. The zero-order valence-corrected chi connectivity index (χ0v) is 13.8. The third-order valence-corrected chi connectivity index (χ3v) is 4.37. The molecular weight excluding hydrogens is 322 g/mol. The lowest BCUT2D eigenvalue weighted by atomic mass is 10.1. The lowest BCUT2D eigenvalue weighted by Gasteiger charge is -2.22. The molecule has 22 heavy (non-hydrogen) atoms. The van der Waals surface area contributed by atoms with Crippen molar-refractivity contribution in [2.45, 2.75) is 25.3 Å². The quantitative estimate of drug-likeness (QED) is 0.867. The van der Waals surface area contributed by atoms with Crippen molar-refractivity contribution in [2.24, 2.45) is 0 Å². The van der Waals surface area contributed by atoms with E-state index < -0.39 is 0 Å². The number of thiophene rings is 1. The second kappa shape index (κ2) is 8.26. The molecule has 0 aromatic carbocycles. The summed E-state index contributed by atoms with van der Waals surface area (Å²) in [4.78, 5) is 16.1. The Kier molecular flexibility index (Phi) is 6.35. The molecule has 1 amide bonds. The molecular formula is C14H20ClN5OS. The fourth-order valence-electron chi connectivity index (χ4n) is 2.45. The molecule has 0 aliphatic carbocycles. The SMILES string of the molecule is Cl.O=C(NCCc1ccsc1)c1ncn(C2CCCNC2)n1. The summed E-state index contributed by atoms with van der Waals surface area (Å²) < 4.78 is 1.81. The molecule has 1 aliphatic rings. The largest absolute Gasteiger partial charge is 0.349 e. The molecule has 2 aromatic rings. The molecule has 1 atom stereocenters. The minimum atomic E-state index is -0.201. The fraction of sp³-hybridized carbons (Fsp3) is 0.500. The van der Waals surface area contributed by atoms with E-state index in [-0.39, 0.29) is 24.1 Å². The van der Waals surface area contributed by atoms with Crippen molar-refractivity contribution >= 4 is 29.7 Å². The molecule has 0 bridgehead atoms. The van der Waals surface area contributed by atoms with Gasteiger partial charge in [0.2, 0.25) is 5.82 Å². The predicted octanol–water partition coefficient (Wildman–Crippen LogP) is 1.66. The molecule has 6 nitrogen and oxygen atoms in total. The Bertz CT molecular complexity index is 580. The highest BCUT2D eigenvalue weighted by atomic mass is 35.5. The molecule has 1 fully saturated rings. The number of hydrogen-bond donors (Lipinski definition) is 2. The number of nitrogens with zero attached hydrogens (tertiary/aromatic N) is 3. The number of carbonyl (C=O) groups excluding carboxylic acids is 1. The standard InChI is InChI=1S/C14H19N5OS.ClH/c20-14(16-6-3-11-4-7-21-9-11)13-17-10-19(18-13)12-2-1-5-15-8-12;/h4,7,9-10,12,15H,1-3,5-6,8H2,(H,16,20);1H. The Labute approximate surface area is 139 Å². The van der Waals surface area contributed by atoms with Crippen LogP contribution in [0.5, 0.6) is 0 Å². The number of piperidine rings is 1. The van der Waals surface area contributed by atoms with E-state index in [0.29, 0.717) is 12.6 Å². The van der Waals surface area contributed by atoms with Gasteiger partial charge in [0, 0.05) is 13.1 Å². The molecule has 3 heterocycles. The molecule has 0 radical (unpaired) electrons. The van der Waals surface area contributed by atoms with Gasteiger partial charge in [0.15, 0.2) is 0 Å². The first kappa shape index (κ1) is 16.9. The van der Waals surface area contributed by atoms with Gasteiger partial charge >= 0.3 is 0 Å². The lowest BCUT2D eigenvalue weighted by Crippen LogP contribution is -2.32. The second-order valence-corrected chi connectivity index (χ2v) is 5.97. The number of nitrogens with one attached hydrogen (secondary N) is 2. The average molecular weight is 342 g/mol. The number of rotatable bonds is 5. The van der Waals surface area contributed by atoms with E-state index in [0.717, 1.165) is 32.4 Å². The zero-order chi connectivity index (χ0) is 14.5. The van der Waals surface area contributed by atoms with Crippen LogP contribution in [0.4, 0.5) is 0 Å². The van der Waals surface area contributed by atoms with E-state index in [1.54, 1.807) is 22.3 Å². The van der Waals surface area contributed by atoms with Crippen LogP contribution in [-0.4, -0.2) is 40.3 Å². The summed E-state index contributed by atoms with van der Waals surface area (Å²) in [6.07, 6.45) is 4.70. The number of halogens is 1. The number of aromatic nitrogens is 3. The van der Waals surface area contributed by atoms with Gasteiger partial charge in [-0.15, -0.1) is 17.5 Å². The Morgan fingerprint density at radius 3 is 3.18 bits per heavy atom. The van der Waals surface area contributed by atoms with Crippen molar-refractivity contribution in [1.29, 1.82) is 0 Å². The van der Waals surface area contributed by atoms with E-state index in [1.165, 1.54) is 5.56 Å². The van der Waals surface area contributed by atoms with Gasteiger partial charge in [-0.2, -0.15) is 11.3 Å². The molecule has 0 spiro atoms. The normalized spacial score (nSPS) is 17.7. The van der Waals surface area contributed by atoms with Crippen LogP contribution in [0.15, 0.2) is 23.2 Å². The summed E-state index contributed by atoms with van der Waals surface area (Å²) in [5, 5.41) is 14.6. The van der Waals surface area contributed by atoms with E-state index in [2.05, 4.69) is 32.2 Å². The van der Waals surface area contributed by atoms with E-state index in [9.17, 15) is 4.79 Å². The fourth-order valence-corrected chi connectivity index (χ4v) is 3.15. The van der Waals surface area contributed by atoms with Crippen molar-refractivity contribution in [2.75, 3.05) is 19.6 Å². The predicted molar refractivity (Wildman–Crippen MR) is 88.8 cm³/mol. The van der Waals surface area contributed by atoms with Gasteiger partial charge in [-0.05, 0) is 48.2 Å². The molecule has 2 N–H and O–H groups in total. The Hall–Kier alpha value is -1.44. The van der Waals surface area contributed by atoms with Crippen molar-refractivity contribution in [1.82, 2.24) is 25.4 Å². The highest BCUT2D eigenvalue weighted by Gasteiger charge is 2.18. The van der Waals surface area contributed by atoms with Gasteiger partial charge in [0.25, 0.3) is 5.91 Å². The molecule has 1 saturated heterocycles. The molecule has 8 heteroatoms. The number of carbonyl (C=O) groups is 1. The minimum absolute atomic E-state index is 0. The van der Waals surface area contributed by atoms with Crippen LogP contribution in [0.1, 0.15) is 35.1 Å². The van der Waals surface area contributed by atoms with Gasteiger partial charge in [-0.3, -0.25) is 4.79 Å². The summed E-state index contributed by atoms with van der Waals surface area (Å²) in [6.45, 7) is 2.55. The monoisotopic (exact) mass is 341 g/mol. The van der Waals surface area contributed by atoms with Crippen LogP contribution < -0.4 is 10.6 Å². The summed E-state index contributed by atoms with van der Waals surface area (Å²) in [7, 11) is 0. The summed E-state index contributed by atoms with van der Waals surface area (Å²) >= 11 is 1.67. The van der Waals surface area contributed by atoms with Crippen LogP contribution >= 0.6 is 23.7 Å². The van der Waals surface area contributed by atoms with Crippen LogP contribution in [0.2, 0.25) is 0 Å². The smallest absolute Gasteiger partial charge is 0.290 e. The van der Waals surface area contributed by atoms with Crippen LogP contribution in [0.3, 0.4) is 0 Å². The number of amides is 1. The molecule has 1 unspecified atom stereocenters. The topological polar surface area (TPSA) is 71.8 Å². The highest BCUT2D eigenvalue weighted by Crippen LogP contribution is 2.14. The third kappa shape index (κ3) is 4.28. The molecule has 2 aromatic heterocycles. The van der Waals surface area contributed by atoms with E-state index in [4.69, 9.17) is 0 Å². The van der Waals surface area contributed by atoms with Crippen LogP contribution in [-0.2, 0) is 6.42 Å². The Balaban J connectivity index is 0.00000176. The van der Waals surface area contributed by atoms with Crippen molar-refractivity contribution in [3.63, 3.8) is 0 Å². The van der Waals surface area contributed by atoms with Gasteiger partial charge in [0.1, 0.15) is 6.33 Å². The van der Waals surface area contributed by atoms with Crippen molar-refractivity contribution in [3.05, 3.63) is 34.5 Å². The average Bonchev–Trinajstić information content (AvgIpc) is 3.20. The maximum Gasteiger partial charge on any atom is 0.290 e. The van der Waals surface area contributed by atoms with E-state index >= 15 is 0 Å². The second-order valence-electron chi connectivity index (χ2n) is 5.19. The first-order valence-electron chi connectivity index (χ1n) is 7.24. The first-order valence-corrected chi connectivity index (χ1v) is 8.18. The van der Waals surface area contributed by atoms with Crippen LogP contribution in [0.25, 0.3) is 0 Å². The lowest BCUT2D eigenvalue weighted by molar-refractivity contribution is 0.0943. The molecule has 120 valence electrons. The minimum Gasteiger partial charge on any atom is -0.349 e. The molecule has 1 aliphatic heterocycles. The number of hydrogen-bond acceptors (Lipinski definition) is 5. The summed E-state index contributed by atoms with van der Waals surface area (Å²) in [5.41, 5.74) is 1.24. The Morgan fingerprint density at radius 1 is 1.55 bits per heavy atom. The van der Waals surface area contributed by atoms with Crippen molar-refractivity contribution in [3.8, 4) is 0 Å². The maximum atomic E-state index is 12.0. The van der Waals surface area contributed by atoms with E-state index in [1.807, 2.05) is 5.38 Å².